The number of likely N-dealkylation sites (tertiary alicyclic amines) is 1. The van der Waals surface area contributed by atoms with Crippen molar-refractivity contribution >= 4 is 23.6 Å². The number of alkyl carbamates (subject to hydrolysis) is 1. The van der Waals surface area contributed by atoms with Crippen LogP contribution in [-0.4, -0.2) is 61.9 Å². The molecule has 3 aromatic carbocycles. The van der Waals surface area contributed by atoms with Crippen molar-refractivity contribution in [1.29, 1.82) is 0 Å². The number of carbonyl (C=O) groups excluding carboxylic acids is 3. The number of rotatable bonds is 7. The van der Waals surface area contributed by atoms with Gasteiger partial charge in [-0.3, -0.25) is 14.3 Å². The molecule has 1 aliphatic rings. The molecule has 1 fully saturated rings. The first kappa shape index (κ1) is 35.7. The number of piperidine rings is 1. The van der Waals surface area contributed by atoms with E-state index in [4.69, 9.17) is 4.74 Å². The van der Waals surface area contributed by atoms with Crippen molar-refractivity contribution in [2.75, 3.05) is 11.9 Å². The van der Waals surface area contributed by atoms with E-state index in [9.17, 15) is 23.9 Å². The van der Waals surface area contributed by atoms with Crippen LogP contribution < -0.4 is 10.6 Å². The zero-order chi connectivity index (χ0) is 36.0. The topological polar surface area (TPSA) is 126 Å². The highest BCUT2D eigenvalue weighted by Gasteiger charge is 2.37. The minimum atomic E-state index is -1.08. The average molecular weight is 680 g/mol. The Balaban J connectivity index is 1.30. The third kappa shape index (κ3) is 9.29. The summed E-state index contributed by atoms with van der Waals surface area (Å²) < 4.78 is 21.1. The molecule has 11 heteroatoms. The molecule has 2 heterocycles. The normalized spacial score (nSPS) is 15.0. The number of hydrogen-bond donors (Lipinski definition) is 3. The molecule has 1 saturated heterocycles. The lowest BCUT2D eigenvalue weighted by Gasteiger charge is -2.37. The molecule has 2 atom stereocenters. The first-order chi connectivity index (χ1) is 23.8. The van der Waals surface area contributed by atoms with E-state index in [0.717, 1.165) is 12.0 Å². The smallest absolute Gasteiger partial charge is 0.408 e. The first-order valence-corrected chi connectivity index (χ1v) is 16.6. The molecule has 0 radical (unpaired) electrons. The summed E-state index contributed by atoms with van der Waals surface area (Å²) in [5.74, 6) is 5.15. The molecule has 1 aliphatic heterocycles. The predicted molar refractivity (Wildman–Crippen MR) is 189 cm³/mol. The Labute approximate surface area is 291 Å². The number of ether oxygens (including phenoxy) is 1. The molecular weight excluding hydrogens is 637 g/mol. The maximum absolute atomic E-state index is 14.0. The van der Waals surface area contributed by atoms with E-state index in [-0.39, 0.29) is 18.1 Å². The molecule has 3 N–H and O–H groups in total. The van der Waals surface area contributed by atoms with Gasteiger partial charge >= 0.3 is 6.09 Å². The number of phenolic OH excluding ortho intramolecular Hbond substituents is 1. The zero-order valence-electron chi connectivity index (χ0n) is 28.9. The molecule has 3 amide bonds. The maximum Gasteiger partial charge on any atom is 0.408 e. The number of halogens is 1. The third-order valence-corrected chi connectivity index (χ3v) is 8.14. The summed E-state index contributed by atoms with van der Waals surface area (Å²) in [6.07, 6.45) is 2.94. The number of aryl methyl sites for hydroxylation is 2. The molecule has 50 heavy (non-hydrogen) atoms. The molecule has 10 nitrogen and oxygen atoms in total. The molecule has 1 unspecified atom stereocenters. The van der Waals surface area contributed by atoms with Crippen molar-refractivity contribution in [2.24, 2.45) is 7.05 Å². The molecule has 260 valence electrons. The van der Waals surface area contributed by atoms with Gasteiger partial charge in [-0.1, -0.05) is 35.6 Å². The molecule has 0 spiro atoms. The minimum Gasteiger partial charge on any atom is -0.507 e. The second-order valence-electron chi connectivity index (χ2n) is 13.5. The van der Waals surface area contributed by atoms with Crippen LogP contribution >= 0.6 is 0 Å². The number of phenols is 1. The van der Waals surface area contributed by atoms with Crippen LogP contribution in [0.2, 0.25) is 0 Å². The summed E-state index contributed by atoms with van der Waals surface area (Å²) in [4.78, 5) is 41.9. The minimum absolute atomic E-state index is 0.0237. The zero-order valence-corrected chi connectivity index (χ0v) is 28.9. The second kappa shape index (κ2) is 15.3. The fourth-order valence-corrected chi connectivity index (χ4v) is 5.84. The van der Waals surface area contributed by atoms with Crippen molar-refractivity contribution in [1.82, 2.24) is 20.0 Å². The Kier molecular flexibility index (Phi) is 10.9. The summed E-state index contributed by atoms with van der Waals surface area (Å²) in [6, 6.07) is 16.4. The monoisotopic (exact) mass is 679 g/mol. The highest BCUT2D eigenvalue weighted by Crippen LogP contribution is 2.31. The van der Waals surface area contributed by atoms with Crippen LogP contribution in [0.25, 0.3) is 11.3 Å². The fraction of sp³-hybridized carbons (Fsp3) is 0.333. The lowest BCUT2D eigenvalue weighted by molar-refractivity contribution is -0.142. The Morgan fingerprint density at radius 2 is 1.82 bits per heavy atom. The maximum atomic E-state index is 14.0. The van der Waals surface area contributed by atoms with Crippen molar-refractivity contribution in [3.63, 3.8) is 0 Å². The van der Waals surface area contributed by atoms with E-state index in [1.54, 1.807) is 81.2 Å². The van der Waals surface area contributed by atoms with Crippen LogP contribution in [-0.2, 0) is 27.8 Å². The van der Waals surface area contributed by atoms with Crippen LogP contribution in [0.4, 0.5) is 14.9 Å². The summed E-state index contributed by atoms with van der Waals surface area (Å²) in [5, 5.41) is 20.5. The van der Waals surface area contributed by atoms with Crippen LogP contribution in [0.5, 0.6) is 5.75 Å². The van der Waals surface area contributed by atoms with Crippen molar-refractivity contribution < 1.29 is 28.6 Å². The van der Waals surface area contributed by atoms with Crippen LogP contribution in [0.1, 0.15) is 62.3 Å². The molecule has 1 aromatic heterocycles. The number of carbonyl (C=O) groups is 3. The van der Waals surface area contributed by atoms with E-state index in [2.05, 4.69) is 27.6 Å². The Morgan fingerprint density at radius 3 is 2.54 bits per heavy atom. The Bertz CT molecular complexity index is 1940. The van der Waals surface area contributed by atoms with Gasteiger partial charge in [0.15, 0.2) is 0 Å². The first-order valence-electron chi connectivity index (χ1n) is 16.6. The van der Waals surface area contributed by atoms with Crippen LogP contribution in [0, 0.1) is 24.6 Å². The Morgan fingerprint density at radius 1 is 1.06 bits per heavy atom. The summed E-state index contributed by atoms with van der Waals surface area (Å²) in [6.45, 7) is 7.43. The molecule has 0 bridgehead atoms. The highest BCUT2D eigenvalue weighted by atomic mass is 19.1. The van der Waals surface area contributed by atoms with Gasteiger partial charge in [-0.15, -0.1) is 0 Å². The van der Waals surface area contributed by atoms with E-state index >= 15 is 0 Å². The lowest BCUT2D eigenvalue weighted by atomic mass is 9.98. The van der Waals surface area contributed by atoms with Gasteiger partial charge in [0, 0.05) is 43.0 Å². The van der Waals surface area contributed by atoms with Crippen molar-refractivity contribution in [2.45, 2.75) is 71.1 Å². The van der Waals surface area contributed by atoms with Crippen LogP contribution in [0.3, 0.4) is 0 Å². The molecule has 5 rings (SSSR count). The quantitative estimate of drug-likeness (QED) is 0.203. The second-order valence-corrected chi connectivity index (χ2v) is 13.5. The number of aromatic nitrogens is 2. The number of benzene rings is 3. The average Bonchev–Trinajstić information content (AvgIpc) is 3.44. The number of amides is 3. The van der Waals surface area contributed by atoms with E-state index < -0.39 is 35.5 Å². The number of aromatic hydroxyl groups is 1. The van der Waals surface area contributed by atoms with Gasteiger partial charge in [-0.2, -0.15) is 5.10 Å². The standard InChI is InChI=1S/C39H42FN5O5/c1-25-12-19-34(46)31(21-25)35-28(24-44(5)43-35)16-13-26-14-17-30(18-15-26)41-36(47)33-11-6-7-20-45(33)37(48)32(42-38(49)50-39(2,3)4)23-27-9-8-10-29(40)22-27/h8-10,12,14-15,17-19,21-22,24,32-33,46H,6-7,11,20,23H2,1-5H3,(H,41,47)(H,42,49)/t32-,33?/m0/s1. The van der Waals surface area contributed by atoms with Gasteiger partial charge in [-0.05, 0) is 101 Å². The number of hydrogen-bond acceptors (Lipinski definition) is 6. The van der Waals surface area contributed by atoms with Gasteiger partial charge in [0.2, 0.25) is 11.8 Å². The summed E-state index contributed by atoms with van der Waals surface area (Å²) in [5.41, 5.74) is 3.79. The van der Waals surface area contributed by atoms with Gasteiger partial charge in [0.05, 0.1) is 5.56 Å². The van der Waals surface area contributed by atoms with Gasteiger partial charge in [0.25, 0.3) is 0 Å². The fourth-order valence-electron chi connectivity index (χ4n) is 5.84. The van der Waals surface area contributed by atoms with E-state index in [1.165, 1.54) is 17.0 Å². The molecule has 0 saturated carbocycles. The SMILES string of the molecule is Cc1ccc(O)c(-c2nn(C)cc2C#Cc2ccc(NC(=O)C3CCCCN3C(=O)[C@H](Cc3cccc(F)c3)NC(=O)OC(C)(C)C)cc2)c1. The number of nitrogens with zero attached hydrogens (tertiary/aromatic N) is 3. The van der Waals surface area contributed by atoms with Crippen LogP contribution in [0.15, 0.2) is 72.9 Å². The van der Waals surface area contributed by atoms with Gasteiger partial charge in [0.1, 0.15) is 34.9 Å². The Hall–Kier alpha value is -5.63. The van der Waals surface area contributed by atoms with E-state index in [1.807, 2.05) is 19.1 Å². The predicted octanol–water partition coefficient (Wildman–Crippen LogP) is 6.10. The van der Waals surface area contributed by atoms with E-state index in [0.29, 0.717) is 53.0 Å². The summed E-state index contributed by atoms with van der Waals surface area (Å²) >= 11 is 0. The summed E-state index contributed by atoms with van der Waals surface area (Å²) in [7, 11) is 1.79. The third-order valence-electron chi connectivity index (χ3n) is 8.14. The number of nitrogens with one attached hydrogen (secondary N) is 2. The lowest BCUT2D eigenvalue weighted by Crippen LogP contribution is -2.57. The molecular formula is C39H42FN5O5. The molecule has 4 aromatic rings. The van der Waals surface area contributed by atoms with Gasteiger partial charge < -0.3 is 25.4 Å². The van der Waals surface area contributed by atoms with Crippen molar-refractivity contribution in [3.8, 4) is 28.8 Å². The highest BCUT2D eigenvalue weighted by molar-refractivity contribution is 5.98. The molecule has 0 aliphatic carbocycles. The van der Waals surface area contributed by atoms with Crippen molar-refractivity contribution in [3.05, 3.63) is 101 Å². The largest absolute Gasteiger partial charge is 0.507 e. The van der Waals surface area contributed by atoms with Gasteiger partial charge in [-0.25, -0.2) is 9.18 Å². The number of anilines is 1.